The first-order valence-electron chi connectivity index (χ1n) is 9.02. The van der Waals surface area contributed by atoms with Gasteiger partial charge >= 0.3 is 0 Å². The second kappa shape index (κ2) is 7.12. The second-order valence-electron chi connectivity index (χ2n) is 6.37. The predicted molar refractivity (Wildman–Crippen MR) is 107 cm³/mol. The molecule has 0 bridgehead atoms. The van der Waals surface area contributed by atoms with E-state index in [2.05, 4.69) is 25.1 Å². The van der Waals surface area contributed by atoms with Gasteiger partial charge in [0.25, 0.3) is 0 Å². The Morgan fingerprint density at radius 3 is 2.28 bits per heavy atom. The first-order chi connectivity index (χ1) is 14.3. The van der Waals surface area contributed by atoms with Crippen LogP contribution in [0.1, 0.15) is 5.89 Å². The molecule has 0 N–H and O–H groups in total. The van der Waals surface area contributed by atoms with Crippen molar-refractivity contribution < 1.29 is 9.26 Å². The van der Waals surface area contributed by atoms with Crippen LogP contribution in [0.2, 0.25) is 0 Å². The zero-order valence-corrected chi connectivity index (χ0v) is 15.5. The van der Waals surface area contributed by atoms with E-state index >= 15 is 0 Å². The molecule has 0 saturated carbocycles. The third kappa shape index (κ3) is 3.41. The minimum absolute atomic E-state index is 0.491. The van der Waals surface area contributed by atoms with E-state index in [0.717, 1.165) is 22.0 Å². The van der Waals surface area contributed by atoms with Crippen molar-refractivity contribution in [3.8, 4) is 34.4 Å². The van der Waals surface area contributed by atoms with Gasteiger partial charge in [-0.05, 0) is 48.5 Å². The molecule has 0 aliphatic carbocycles. The standard InChI is InChI=1S/C22H15N5O2/c1-14-24-21(27-29-14)15-6-8-17(9-7-15)28-22-18-4-2-3-5-19(18)25-20(26-22)16-10-12-23-13-11-16/h2-13H,1H3. The van der Waals surface area contributed by atoms with Crippen molar-refractivity contribution in [3.05, 3.63) is 78.9 Å². The monoisotopic (exact) mass is 381 g/mol. The van der Waals surface area contributed by atoms with E-state index in [4.69, 9.17) is 9.26 Å². The quantitative estimate of drug-likeness (QED) is 0.440. The third-order valence-corrected chi connectivity index (χ3v) is 4.36. The predicted octanol–water partition coefficient (Wildman–Crippen LogP) is 4.84. The number of hydrogen-bond donors (Lipinski definition) is 0. The molecule has 7 heteroatoms. The number of rotatable bonds is 4. The molecular formula is C22H15N5O2. The van der Waals surface area contributed by atoms with E-state index in [0.29, 0.717) is 29.2 Å². The van der Waals surface area contributed by atoms with E-state index < -0.39 is 0 Å². The SMILES string of the molecule is Cc1nc(-c2ccc(Oc3nc(-c4ccncc4)nc4ccccc34)cc2)no1. The van der Waals surface area contributed by atoms with Gasteiger partial charge in [-0.1, -0.05) is 17.3 Å². The highest BCUT2D eigenvalue weighted by molar-refractivity contribution is 5.85. The molecule has 0 fully saturated rings. The maximum absolute atomic E-state index is 6.12. The van der Waals surface area contributed by atoms with Gasteiger partial charge in [0, 0.05) is 30.4 Å². The molecule has 29 heavy (non-hydrogen) atoms. The van der Waals surface area contributed by atoms with Crippen molar-refractivity contribution in [2.24, 2.45) is 0 Å². The normalized spacial score (nSPS) is 10.9. The van der Waals surface area contributed by atoms with Crippen molar-refractivity contribution in [3.63, 3.8) is 0 Å². The fraction of sp³-hybridized carbons (Fsp3) is 0.0455. The smallest absolute Gasteiger partial charge is 0.230 e. The van der Waals surface area contributed by atoms with Crippen LogP contribution in [-0.2, 0) is 0 Å². The summed E-state index contributed by atoms with van der Waals surface area (Å²) in [6.07, 6.45) is 3.43. The first kappa shape index (κ1) is 17.0. The van der Waals surface area contributed by atoms with Crippen molar-refractivity contribution in [1.29, 1.82) is 0 Å². The molecule has 2 aromatic carbocycles. The summed E-state index contributed by atoms with van der Waals surface area (Å²) in [6, 6.07) is 19.0. The van der Waals surface area contributed by atoms with Gasteiger partial charge in [0.05, 0.1) is 10.9 Å². The fourth-order valence-electron chi connectivity index (χ4n) is 2.96. The molecule has 0 spiro atoms. The molecule has 0 amide bonds. The van der Waals surface area contributed by atoms with Crippen LogP contribution in [-0.4, -0.2) is 25.1 Å². The van der Waals surface area contributed by atoms with Crippen LogP contribution in [0.15, 0.2) is 77.6 Å². The van der Waals surface area contributed by atoms with E-state index in [9.17, 15) is 0 Å². The average Bonchev–Trinajstić information content (AvgIpc) is 3.21. The topological polar surface area (TPSA) is 86.8 Å². The number of ether oxygens (including phenoxy) is 1. The molecule has 5 aromatic rings. The summed E-state index contributed by atoms with van der Waals surface area (Å²) in [6.45, 7) is 1.76. The van der Waals surface area contributed by atoms with Gasteiger partial charge in [-0.2, -0.15) is 9.97 Å². The number of benzene rings is 2. The summed E-state index contributed by atoms with van der Waals surface area (Å²) in [5, 5.41) is 4.77. The van der Waals surface area contributed by atoms with Crippen molar-refractivity contribution >= 4 is 10.9 Å². The maximum atomic E-state index is 6.12. The lowest BCUT2D eigenvalue weighted by atomic mass is 10.2. The lowest BCUT2D eigenvalue weighted by Crippen LogP contribution is -1.96. The minimum Gasteiger partial charge on any atom is -0.438 e. The van der Waals surface area contributed by atoms with Gasteiger partial charge in [0.2, 0.25) is 17.6 Å². The summed E-state index contributed by atoms with van der Waals surface area (Å²) in [5.74, 6) is 2.79. The van der Waals surface area contributed by atoms with Crippen molar-refractivity contribution in [1.82, 2.24) is 25.1 Å². The summed E-state index contributed by atoms with van der Waals surface area (Å²) < 4.78 is 11.2. The Labute approximate surface area is 166 Å². The molecule has 0 aliphatic rings. The van der Waals surface area contributed by atoms with Crippen LogP contribution in [0.5, 0.6) is 11.6 Å². The number of para-hydroxylation sites is 1. The van der Waals surface area contributed by atoms with Gasteiger partial charge in [-0.3, -0.25) is 4.98 Å². The third-order valence-electron chi connectivity index (χ3n) is 4.36. The summed E-state index contributed by atoms with van der Waals surface area (Å²) in [5.41, 5.74) is 2.53. The summed E-state index contributed by atoms with van der Waals surface area (Å²) in [4.78, 5) is 17.6. The molecular weight excluding hydrogens is 366 g/mol. The Hall–Kier alpha value is -4.13. The molecule has 0 atom stereocenters. The van der Waals surface area contributed by atoms with Crippen molar-refractivity contribution in [2.45, 2.75) is 6.92 Å². The average molecular weight is 381 g/mol. The molecule has 3 heterocycles. The highest BCUT2D eigenvalue weighted by Crippen LogP contribution is 2.30. The van der Waals surface area contributed by atoms with Crippen molar-refractivity contribution in [2.75, 3.05) is 0 Å². The molecule has 7 nitrogen and oxygen atoms in total. The Morgan fingerprint density at radius 2 is 1.52 bits per heavy atom. The Kier molecular flexibility index (Phi) is 4.18. The minimum atomic E-state index is 0.491. The summed E-state index contributed by atoms with van der Waals surface area (Å²) >= 11 is 0. The molecule has 0 saturated heterocycles. The first-order valence-corrected chi connectivity index (χ1v) is 9.02. The number of aryl methyl sites for hydroxylation is 1. The fourth-order valence-corrected chi connectivity index (χ4v) is 2.96. The number of hydrogen-bond acceptors (Lipinski definition) is 7. The van der Waals surface area contributed by atoms with Gasteiger partial charge in [0.1, 0.15) is 5.75 Å². The Morgan fingerprint density at radius 1 is 0.759 bits per heavy atom. The van der Waals surface area contributed by atoms with Gasteiger partial charge in [-0.15, -0.1) is 0 Å². The lowest BCUT2D eigenvalue weighted by molar-refractivity contribution is 0.394. The highest BCUT2D eigenvalue weighted by atomic mass is 16.5. The van der Waals surface area contributed by atoms with Gasteiger partial charge in [-0.25, -0.2) is 4.98 Å². The molecule has 0 unspecified atom stereocenters. The van der Waals surface area contributed by atoms with Crippen LogP contribution in [0, 0.1) is 6.92 Å². The van der Waals surface area contributed by atoms with Gasteiger partial charge < -0.3 is 9.26 Å². The molecule has 3 aromatic heterocycles. The van der Waals surface area contributed by atoms with Crippen LogP contribution in [0.3, 0.4) is 0 Å². The van der Waals surface area contributed by atoms with E-state index in [1.807, 2.05) is 60.7 Å². The number of nitrogens with zero attached hydrogens (tertiary/aromatic N) is 5. The lowest BCUT2D eigenvalue weighted by Gasteiger charge is -2.10. The van der Waals surface area contributed by atoms with Crippen LogP contribution in [0.4, 0.5) is 0 Å². The van der Waals surface area contributed by atoms with Gasteiger partial charge in [0.15, 0.2) is 5.82 Å². The van der Waals surface area contributed by atoms with Crippen LogP contribution >= 0.6 is 0 Å². The molecule has 0 radical (unpaired) electrons. The highest BCUT2D eigenvalue weighted by Gasteiger charge is 2.12. The number of aromatic nitrogens is 5. The maximum Gasteiger partial charge on any atom is 0.230 e. The van der Waals surface area contributed by atoms with E-state index in [1.54, 1.807) is 19.3 Å². The Bertz CT molecular complexity index is 1280. The zero-order valence-electron chi connectivity index (χ0n) is 15.5. The van der Waals surface area contributed by atoms with E-state index in [1.165, 1.54) is 0 Å². The molecule has 0 aliphatic heterocycles. The largest absolute Gasteiger partial charge is 0.438 e. The Balaban J connectivity index is 1.52. The second-order valence-corrected chi connectivity index (χ2v) is 6.37. The van der Waals surface area contributed by atoms with E-state index in [-0.39, 0.29) is 0 Å². The summed E-state index contributed by atoms with van der Waals surface area (Å²) in [7, 11) is 0. The zero-order chi connectivity index (χ0) is 19.6. The van der Waals surface area contributed by atoms with Crippen LogP contribution < -0.4 is 4.74 Å². The van der Waals surface area contributed by atoms with Crippen LogP contribution in [0.25, 0.3) is 33.7 Å². The number of pyridine rings is 1. The molecule has 5 rings (SSSR count). The number of fused-ring (bicyclic) bond motifs is 1. The molecule has 140 valence electrons.